The summed E-state index contributed by atoms with van der Waals surface area (Å²) in [6.45, 7) is -0.195. The van der Waals surface area contributed by atoms with Crippen molar-refractivity contribution in [2.24, 2.45) is 5.92 Å². The molecule has 15 heteroatoms. The van der Waals surface area contributed by atoms with Gasteiger partial charge in [0.2, 0.25) is 0 Å². The lowest BCUT2D eigenvalue weighted by Crippen LogP contribution is -2.39. The molecule has 1 heterocycles. The van der Waals surface area contributed by atoms with Crippen LogP contribution in [0.4, 0.5) is 26.0 Å². The molecule has 0 bridgehead atoms. The maximum atomic E-state index is 13.8. The molecule has 0 atom stereocenters. The first-order chi connectivity index (χ1) is 20.6. The summed E-state index contributed by atoms with van der Waals surface area (Å²) < 4.78 is 58.0. The monoisotopic (exact) mass is 619 g/mol. The number of halogens is 2. The number of nitrogens with zero attached hydrogens (tertiary/aromatic N) is 3. The number of carbonyl (C=O) groups is 1. The van der Waals surface area contributed by atoms with Crippen LogP contribution >= 0.6 is 0 Å². The number of ether oxygens (including phenoxy) is 1. The standard InChI is InChI=1S/C28H31F2N5O7S/c1-41-21-9-7-19(8-10-21)16-31-24-13-12-23(15-25(24)34(37)38)43(39,40)35(28(36)20-5-3-2-4-6-20)42-22-11-14-27(32-17-22)33-18-26(29)30/h2-6,11-15,17,19,21,26,31H,7-10,16,18H2,1H3,(H,32,33). The Balaban J connectivity index is 1.60. The van der Waals surface area contributed by atoms with E-state index >= 15 is 0 Å². The van der Waals surface area contributed by atoms with Crippen molar-refractivity contribution in [3.8, 4) is 5.75 Å². The second-order valence-electron chi connectivity index (χ2n) is 9.84. The fourth-order valence-electron chi connectivity index (χ4n) is 4.60. The van der Waals surface area contributed by atoms with Crippen LogP contribution in [0.15, 0.2) is 71.8 Å². The number of pyridine rings is 1. The van der Waals surface area contributed by atoms with Gasteiger partial charge in [-0.2, -0.15) is 8.42 Å². The molecule has 0 saturated heterocycles. The lowest BCUT2D eigenvalue weighted by atomic mass is 9.87. The van der Waals surface area contributed by atoms with Crippen molar-refractivity contribution >= 4 is 33.1 Å². The Hall–Kier alpha value is -4.37. The van der Waals surface area contributed by atoms with E-state index < -0.39 is 44.4 Å². The van der Waals surface area contributed by atoms with Crippen LogP contribution in [0, 0.1) is 16.0 Å². The molecule has 1 fully saturated rings. The Bertz CT molecular complexity index is 1500. The molecule has 2 N–H and O–H groups in total. The molecular formula is C28H31F2N5O7S. The van der Waals surface area contributed by atoms with E-state index in [1.807, 2.05) is 0 Å². The normalized spacial score (nSPS) is 16.8. The van der Waals surface area contributed by atoms with Gasteiger partial charge in [0.25, 0.3) is 22.1 Å². The fraction of sp³-hybridized carbons (Fsp3) is 0.357. The third-order valence-corrected chi connectivity index (χ3v) is 8.47. The van der Waals surface area contributed by atoms with Crippen LogP contribution in [0.3, 0.4) is 0 Å². The molecule has 1 aliphatic carbocycles. The summed E-state index contributed by atoms with van der Waals surface area (Å²) in [6.07, 6.45) is 2.17. The molecule has 0 spiro atoms. The van der Waals surface area contributed by atoms with Crippen molar-refractivity contribution in [2.75, 3.05) is 30.8 Å². The van der Waals surface area contributed by atoms with Gasteiger partial charge in [0.1, 0.15) is 11.5 Å². The predicted octanol–water partition coefficient (Wildman–Crippen LogP) is 5.11. The number of nitrogens with one attached hydrogen (secondary N) is 2. The van der Waals surface area contributed by atoms with E-state index in [-0.39, 0.29) is 39.3 Å². The fourth-order valence-corrected chi connectivity index (χ4v) is 5.80. The number of hydrogen-bond acceptors (Lipinski definition) is 10. The van der Waals surface area contributed by atoms with E-state index in [9.17, 15) is 32.1 Å². The Labute approximate surface area is 247 Å². The average molecular weight is 620 g/mol. The molecule has 1 aliphatic rings. The molecule has 43 heavy (non-hydrogen) atoms. The van der Waals surface area contributed by atoms with E-state index in [0.29, 0.717) is 6.54 Å². The van der Waals surface area contributed by atoms with E-state index in [2.05, 4.69) is 15.6 Å². The van der Waals surface area contributed by atoms with Gasteiger partial charge in [0, 0.05) is 25.3 Å². The summed E-state index contributed by atoms with van der Waals surface area (Å²) in [5.74, 6) is -0.933. The molecule has 1 amide bonds. The Morgan fingerprint density at radius 1 is 1.09 bits per heavy atom. The van der Waals surface area contributed by atoms with Crippen molar-refractivity contribution in [1.29, 1.82) is 0 Å². The summed E-state index contributed by atoms with van der Waals surface area (Å²) in [5, 5.41) is 17.4. The van der Waals surface area contributed by atoms with E-state index in [0.717, 1.165) is 44.0 Å². The van der Waals surface area contributed by atoms with Gasteiger partial charge in [-0.15, -0.1) is 0 Å². The van der Waals surface area contributed by atoms with Crippen LogP contribution in [0.2, 0.25) is 0 Å². The number of sulfonamides is 1. The van der Waals surface area contributed by atoms with Crippen LogP contribution in [-0.4, -0.2) is 61.4 Å². The molecule has 1 saturated carbocycles. The van der Waals surface area contributed by atoms with Crippen molar-refractivity contribution < 1.29 is 36.5 Å². The number of benzene rings is 2. The molecule has 0 aliphatic heterocycles. The first-order valence-corrected chi connectivity index (χ1v) is 14.9. The van der Waals surface area contributed by atoms with Gasteiger partial charge >= 0.3 is 5.91 Å². The Morgan fingerprint density at radius 3 is 2.42 bits per heavy atom. The topological polar surface area (TPSA) is 153 Å². The average Bonchev–Trinajstić information content (AvgIpc) is 3.02. The largest absolute Gasteiger partial charge is 0.381 e. The SMILES string of the molecule is COC1CCC(CNc2ccc(S(=O)(=O)N(Oc3ccc(NCC(F)F)nc3)C(=O)c3ccccc3)cc2[N+](=O)[O-])CC1. The number of nitro groups is 1. The van der Waals surface area contributed by atoms with Gasteiger partial charge < -0.3 is 20.2 Å². The number of nitro benzene ring substituents is 1. The highest BCUT2D eigenvalue weighted by molar-refractivity contribution is 7.89. The lowest BCUT2D eigenvalue weighted by molar-refractivity contribution is -0.384. The molecule has 2 aromatic carbocycles. The van der Waals surface area contributed by atoms with E-state index in [1.165, 1.54) is 42.5 Å². The van der Waals surface area contributed by atoms with Crippen LogP contribution in [-0.2, 0) is 14.8 Å². The highest BCUT2D eigenvalue weighted by Crippen LogP contribution is 2.32. The summed E-state index contributed by atoms with van der Waals surface area (Å²) >= 11 is 0. The van der Waals surface area contributed by atoms with Crippen molar-refractivity contribution in [3.63, 3.8) is 0 Å². The van der Waals surface area contributed by atoms with Crippen molar-refractivity contribution in [1.82, 2.24) is 9.45 Å². The number of rotatable bonds is 13. The maximum absolute atomic E-state index is 13.8. The van der Waals surface area contributed by atoms with Crippen LogP contribution in [0.1, 0.15) is 36.0 Å². The second-order valence-corrected chi connectivity index (χ2v) is 11.6. The smallest absolute Gasteiger partial charge is 0.302 e. The number of carbonyl (C=O) groups excluding carboxylic acids is 1. The minimum atomic E-state index is -4.82. The van der Waals surface area contributed by atoms with Gasteiger partial charge in [-0.05, 0) is 68.0 Å². The number of aromatic nitrogens is 1. The van der Waals surface area contributed by atoms with Gasteiger partial charge in [0.15, 0.2) is 5.75 Å². The van der Waals surface area contributed by atoms with E-state index in [4.69, 9.17) is 9.57 Å². The zero-order valence-corrected chi connectivity index (χ0v) is 24.0. The lowest BCUT2D eigenvalue weighted by Gasteiger charge is -2.27. The number of alkyl halides is 2. The highest BCUT2D eigenvalue weighted by Gasteiger charge is 2.35. The van der Waals surface area contributed by atoms with Gasteiger partial charge in [-0.1, -0.05) is 22.7 Å². The molecular weight excluding hydrogens is 588 g/mol. The minimum absolute atomic E-state index is 0.0368. The predicted molar refractivity (Wildman–Crippen MR) is 153 cm³/mol. The number of methoxy groups -OCH3 is 1. The van der Waals surface area contributed by atoms with Crippen molar-refractivity contribution in [2.45, 2.75) is 43.1 Å². The highest BCUT2D eigenvalue weighted by atomic mass is 32.2. The number of anilines is 2. The molecule has 1 aromatic heterocycles. The molecule has 230 valence electrons. The van der Waals surface area contributed by atoms with Crippen LogP contribution in [0.5, 0.6) is 5.75 Å². The van der Waals surface area contributed by atoms with Crippen LogP contribution in [0.25, 0.3) is 0 Å². The Kier molecular flexibility index (Phi) is 10.4. The molecule has 12 nitrogen and oxygen atoms in total. The molecule has 3 aromatic rings. The number of hydrogen-bond donors (Lipinski definition) is 2. The molecule has 0 radical (unpaired) electrons. The van der Waals surface area contributed by atoms with E-state index in [1.54, 1.807) is 13.2 Å². The van der Waals surface area contributed by atoms with Crippen molar-refractivity contribution in [3.05, 3.63) is 82.5 Å². The summed E-state index contributed by atoms with van der Waals surface area (Å²) in [4.78, 5) is 33.4. The quantitative estimate of drug-likeness (QED) is 0.195. The Morgan fingerprint density at radius 2 is 1.81 bits per heavy atom. The zero-order chi connectivity index (χ0) is 31.0. The first kappa shape index (κ1) is 31.6. The number of amides is 1. The second kappa shape index (κ2) is 14.2. The maximum Gasteiger partial charge on any atom is 0.302 e. The number of hydroxylamine groups is 1. The van der Waals surface area contributed by atoms with Gasteiger partial charge in [-0.3, -0.25) is 14.9 Å². The molecule has 4 rings (SSSR count). The summed E-state index contributed by atoms with van der Waals surface area (Å²) in [6, 6.07) is 13.2. The first-order valence-electron chi connectivity index (χ1n) is 13.4. The van der Waals surface area contributed by atoms with Gasteiger partial charge in [0.05, 0.1) is 28.7 Å². The third-order valence-electron chi connectivity index (χ3n) is 6.94. The third kappa shape index (κ3) is 8.14. The van der Waals surface area contributed by atoms with Gasteiger partial charge in [-0.25, -0.2) is 13.8 Å². The minimum Gasteiger partial charge on any atom is -0.381 e. The summed E-state index contributed by atoms with van der Waals surface area (Å²) in [5.41, 5.74) is -0.393. The zero-order valence-electron chi connectivity index (χ0n) is 23.2. The summed E-state index contributed by atoms with van der Waals surface area (Å²) in [7, 11) is -3.15. The van der Waals surface area contributed by atoms with Crippen LogP contribution < -0.4 is 15.5 Å². The molecule has 0 unspecified atom stereocenters.